The molecule has 0 aliphatic heterocycles. The molecular formula is C20H14O2S. The Kier molecular flexibility index (Phi) is 4.31. The summed E-state index contributed by atoms with van der Waals surface area (Å²) in [4.78, 5) is 12.0. The molecule has 0 heterocycles. The van der Waals surface area contributed by atoms with E-state index in [0.29, 0.717) is 5.75 Å². The largest absolute Gasteiger partial charge is 0.422 e. The van der Waals surface area contributed by atoms with E-state index in [1.807, 2.05) is 60.7 Å². The highest BCUT2D eigenvalue weighted by Crippen LogP contribution is 2.37. The lowest BCUT2D eigenvalue weighted by molar-refractivity contribution is -0.129. The molecule has 0 aromatic heterocycles. The van der Waals surface area contributed by atoms with E-state index in [9.17, 15) is 4.79 Å². The summed E-state index contributed by atoms with van der Waals surface area (Å²) in [6.45, 7) is 3.60. The monoisotopic (exact) mass is 318 g/mol. The van der Waals surface area contributed by atoms with Gasteiger partial charge in [0, 0.05) is 10.9 Å². The maximum Gasteiger partial charge on any atom is 0.343 e. The van der Waals surface area contributed by atoms with Crippen molar-refractivity contribution in [1.29, 1.82) is 0 Å². The molecule has 0 bridgehead atoms. The second-order valence-electron chi connectivity index (χ2n) is 5.06. The summed E-state index contributed by atoms with van der Waals surface area (Å²) in [5, 5.41) is 3.34. The number of fused-ring (bicyclic) bond motifs is 1. The molecule has 0 unspecified atom stereocenters. The van der Waals surface area contributed by atoms with Crippen LogP contribution in [-0.4, -0.2) is 11.3 Å². The van der Waals surface area contributed by atoms with Gasteiger partial charge in [-0.1, -0.05) is 79.5 Å². The number of esters is 1. The summed E-state index contributed by atoms with van der Waals surface area (Å²) >= 11 is 4.75. The summed E-state index contributed by atoms with van der Waals surface area (Å²) < 4.78 is 5.52. The topological polar surface area (TPSA) is 26.3 Å². The van der Waals surface area contributed by atoms with Crippen LogP contribution in [0, 0.1) is 0 Å². The maximum absolute atomic E-state index is 12.0. The summed E-state index contributed by atoms with van der Waals surface area (Å²) in [6.07, 6.45) is 0. The van der Waals surface area contributed by atoms with Crippen molar-refractivity contribution in [2.24, 2.45) is 0 Å². The lowest BCUT2D eigenvalue weighted by Gasteiger charge is -2.13. The van der Waals surface area contributed by atoms with Crippen LogP contribution in [0.2, 0.25) is 0 Å². The Morgan fingerprint density at radius 3 is 2.39 bits per heavy atom. The molecule has 0 radical (unpaired) electrons. The number of hydrogen-bond acceptors (Lipinski definition) is 3. The minimum atomic E-state index is -0.535. The number of thiocarbonyl (C=S) groups is 1. The zero-order valence-corrected chi connectivity index (χ0v) is 13.2. The van der Waals surface area contributed by atoms with Gasteiger partial charge in [-0.15, -0.1) is 0 Å². The van der Waals surface area contributed by atoms with Crippen molar-refractivity contribution in [2.75, 3.05) is 0 Å². The zero-order valence-electron chi connectivity index (χ0n) is 12.4. The van der Waals surface area contributed by atoms with Gasteiger partial charge in [0.05, 0.1) is 5.57 Å². The van der Waals surface area contributed by atoms with Crippen molar-refractivity contribution in [1.82, 2.24) is 0 Å². The Labute approximate surface area is 140 Å². The average molecular weight is 318 g/mol. The molecule has 0 aliphatic carbocycles. The highest BCUT2D eigenvalue weighted by atomic mass is 32.1. The molecule has 3 aromatic carbocycles. The van der Waals surface area contributed by atoms with Crippen LogP contribution in [0.3, 0.4) is 0 Å². The fraction of sp³-hybridized carbons (Fsp3) is 0. The molecule has 3 heteroatoms. The van der Waals surface area contributed by atoms with Gasteiger partial charge >= 0.3 is 5.97 Å². The Balaban J connectivity index is 2.20. The fourth-order valence-corrected chi connectivity index (χ4v) is 2.55. The number of carbonyl (C=O) groups is 1. The van der Waals surface area contributed by atoms with E-state index in [0.717, 1.165) is 21.9 Å². The van der Waals surface area contributed by atoms with Crippen molar-refractivity contribution in [2.45, 2.75) is 0 Å². The molecule has 0 aliphatic rings. The van der Waals surface area contributed by atoms with Crippen molar-refractivity contribution in [3.63, 3.8) is 0 Å². The van der Waals surface area contributed by atoms with Gasteiger partial charge in [0.15, 0.2) is 0 Å². The third-order valence-electron chi connectivity index (χ3n) is 3.56. The van der Waals surface area contributed by atoms with E-state index in [-0.39, 0.29) is 5.57 Å². The van der Waals surface area contributed by atoms with Gasteiger partial charge in [-0.3, -0.25) is 0 Å². The molecule has 0 saturated heterocycles. The smallest absolute Gasteiger partial charge is 0.343 e. The summed E-state index contributed by atoms with van der Waals surface area (Å²) in [7, 11) is 0. The number of ether oxygens (including phenoxy) is 1. The van der Waals surface area contributed by atoms with E-state index in [2.05, 4.69) is 6.58 Å². The normalized spacial score (nSPS) is 10.3. The van der Waals surface area contributed by atoms with E-state index in [1.54, 1.807) is 6.07 Å². The van der Waals surface area contributed by atoms with E-state index < -0.39 is 5.97 Å². The summed E-state index contributed by atoms with van der Waals surface area (Å²) in [6, 6.07) is 21.6. The van der Waals surface area contributed by atoms with Crippen LogP contribution in [0.25, 0.3) is 21.9 Å². The van der Waals surface area contributed by atoms with Crippen LogP contribution >= 0.6 is 12.2 Å². The van der Waals surface area contributed by atoms with Crippen molar-refractivity contribution in [3.8, 4) is 16.9 Å². The first kappa shape index (κ1) is 15.1. The molecule has 0 spiro atoms. The lowest BCUT2D eigenvalue weighted by atomic mass is 9.97. The van der Waals surface area contributed by atoms with Crippen LogP contribution in [0.4, 0.5) is 0 Å². The van der Waals surface area contributed by atoms with Crippen LogP contribution in [0.15, 0.2) is 78.9 Å². The molecule has 2 nitrogen and oxygen atoms in total. The third-order valence-corrected chi connectivity index (χ3v) is 3.84. The molecule has 23 heavy (non-hydrogen) atoms. The van der Waals surface area contributed by atoms with Gasteiger partial charge in [-0.25, -0.2) is 4.79 Å². The fourth-order valence-electron chi connectivity index (χ4n) is 2.45. The predicted molar refractivity (Wildman–Crippen MR) is 97.8 cm³/mol. The molecule has 0 fully saturated rings. The van der Waals surface area contributed by atoms with Crippen LogP contribution in [0.1, 0.15) is 0 Å². The molecular weight excluding hydrogens is 304 g/mol. The molecule has 0 amide bonds. The first-order valence-corrected chi connectivity index (χ1v) is 7.61. The Hall–Kier alpha value is -2.78. The van der Waals surface area contributed by atoms with Crippen LogP contribution in [0.5, 0.6) is 5.75 Å². The molecule has 3 aromatic rings. The van der Waals surface area contributed by atoms with E-state index in [4.69, 9.17) is 17.0 Å². The van der Waals surface area contributed by atoms with E-state index >= 15 is 0 Å². The SMILES string of the molecule is C=C(C=S)C(=O)Oc1ccc2ccccc2c1-c1ccccc1. The number of benzene rings is 3. The highest BCUT2D eigenvalue weighted by molar-refractivity contribution is 7.79. The minimum Gasteiger partial charge on any atom is -0.422 e. The van der Waals surface area contributed by atoms with Gasteiger partial charge in [0.1, 0.15) is 5.75 Å². The molecule has 0 N–H and O–H groups in total. The Bertz CT molecular complexity index is 898. The van der Waals surface area contributed by atoms with Gasteiger partial charge in [-0.05, 0) is 22.4 Å². The Morgan fingerprint density at radius 2 is 1.65 bits per heavy atom. The van der Waals surface area contributed by atoms with Gasteiger partial charge < -0.3 is 4.74 Å². The maximum atomic E-state index is 12.0. The summed E-state index contributed by atoms with van der Waals surface area (Å²) in [5.74, 6) is -0.0367. The molecule has 112 valence electrons. The second kappa shape index (κ2) is 6.55. The summed E-state index contributed by atoms with van der Waals surface area (Å²) in [5.41, 5.74) is 2.03. The predicted octanol–water partition coefficient (Wildman–Crippen LogP) is 4.97. The van der Waals surface area contributed by atoms with Gasteiger partial charge in [0.25, 0.3) is 0 Å². The quantitative estimate of drug-likeness (QED) is 0.294. The van der Waals surface area contributed by atoms with Crippen molar-refractivity contribution < 1.29 is 9.53 Å². The Morgan fingerprint density at radius 1 is 0.957 bits per heavy atom. The molecule has 0 atom stereocenters. The van der Waals surface area contributed by atoms with Gasteiger partial charge in [0.2, 0.25) is 0 Å². The van der Waals surface area contributed by atoms with Crippen molar-refractivity contribution in [3.05, 3.63) is 78.9 Å². The third kappa shape index (κ3) is 3.05. The lowest BCUT2D eigenvalue weighted by Crippen LogP contribution is -2.11. The molecule has 3 rings (SSSR count). The highest BCUT2D eigenvalue weighted by Gasteiger charge is 2.15. The molecule has 0 saturated carbocycles. The van der Waals surface area contributed by atoms with Crippen molar-refractivity contribution >= 4 is 34.3 Å². The zero-order chi connectivity index (χ0) is 16.2. The standard InChI is InChI=1S/C20H14O2S/c1-14(13-23)20(21)22-18-12-11-15-7-5-6-10-17(15)19(18)16-8-3-2-4-9-16/h2-13H,1H2. The first-order valence-electron chi connectivity index (χ1n) is 7.14. The minimum absolute atomic E-state index is 0.159. The number of rotatable bonds is 4. The number of carbonyl (C=O) groups excluding carboxylic acids is 1. The first-order chi connectivity index (χ1) is 11.2. The van der Waals surface area contributed by atoms with E-state index in [1.165, 1.54) is 5.37 Å². The van der Waals surface area contributed by atoms with Crippen LogP contribution < -0.4 is 4.74 Å². The average Bonchev–Trinajstić information content (AvgIpc) is 2.61. The number of hydrogen-bond donors (Lipinski definition) is 0. The van der Waals surface area contributed by atoms with Crippen LogP contribution in [-0.2, 0) is 4.79 Å². The second-order valence-corrected chi connectivity index (χ2v) is 5.29. The van der Waals surface area contributed by atoms with Gasteiger partial charge in [-0.2, -0.15) is 0 Å².